The van der Waals surface area contributed by atoms with E-state index in [0.29, 0.717) is 17.8 Å². The summed E-state index contributed by atoms with van der Waals surface area (Å²) in [4.78, 5) is 13.5. The van der Waals surface area contributed by atoms with Gasteiger partial charge in [-0.1, -0.05) is 19.9 Å². The van der Waals surface area contributed by atoms with Crippen molar-refractivity contribution in [1.82, 2.24) is 0 Å². The van der Waals surface area contributed by atoms with Crippen molar-refractivity contribution in [2.75, 3.05) is 7.11 Å². The van der Waals surface area contributed by atoms with E-state index >= 15 is 0 Å². The number of allylic oxidation sites excluding steroid dienone is 4. The van der Waals surface area contributed by atoms with Gasteiger partial charge in [0, 0.05) is 6.42 Å². The van der Waals surface area contributed by atoms with Crippen molar-refractivity contribution in [2.24, 2.45) is 28.6 Å². The van der Waals surface area contributed by atoms with Gasteiger partial charge in [0.2, 0.25) is 8.32 Å². The van der Waals surface area contributed by atoms with Gasteiger partial charge >= 0.3 is 5.97 Å². The third kappa shape index (κ3) is 8.85. The van der Waals surface area contributed by atoms with Crippen LogP contribution in [0, 0.1) is 28.6 Å². The van der Waals surface area contributed by atoms with E-state index in [1.807, 2.05) is 0 Å². The molecule has 2 saturated carbocycles. The summed E-state index contributed by atoms with van der Waals surface area (Å²) in [5.74, 6) is 2.61. The Morgan fingerprint density at radius 1 is 0.760 bits per heavy atom. The van der Waals surface area contributed by atoms with Gasteiger partial charge in [-0.2, -0.15) is 0 Å². The highest BCUT2D eigenvalue weighted by Gasteiger charge is 2.61. The predicted molar refractivity (Wildman–Crippen MR) is 210 cm³/mol. The lowest BCUT2D eigenvalue weighted by atomic mass is 9.48. The summed E-state index contributed by atoms with van der Waals surface area (Å²) in [5, 5.41) is 0. The summed E-state index contributed by atoms with van der Waals surface area (Å²) in [6.45, 7) is 31.3. The van der Waals surface area contributed by atoms with Crippen LogP contribution < -0.4 is 0 Å². The van der Waals surface area contributed by atoms with Gasteiger partial charge in [0.25, 0.3) is 0 Å². The molecule has 0 spiro atoms. The molecule has 12 heteroatoms. The van der Waals surface area contributed by atoms with Gasteiger partial charge in [-0.3, -0.25) is 0 Å². The van der Waals surface area contributed by atoms with Crippen LogP contribution in [0.3, 0.4) is 0 Å². The molecular weight excluding hydrogens is 697 g/mol. The Hall–Kier alpha value is -0.582. The molecule has 0 amide bonds. The van der Waals surface area contributed by atoms with Crippen LogP contribution in [-0.4, -0.2) is 83.2 Å². The van der Waals surface area contributed by atoms with Crippen molar-refractivity contribution < 1.29 is 36.7 Å². The first kappa shape index (κ1) is 40.6. The van der Waals surface area contributed by atoms with E-state index in [0.717, 1.165) is 32.1 Å². The smallest absolute Gasteiger partial charge is 0.337 e. The fourth-order valence-electron chi connectivity index (χ4n) is 9.95. The normalized spacial score (nSPS) is 39.5. The second-order valence-corrected chi connectivity index (χ2v) is 38.1. The van der Waals surface area contributed by atoms with E-state index in [2.05, 4.69) is 105 Å². The van der Waals surface area contributed by atoms with Gasteiger partial charge in [-0.25, -0.2) is 4.79 Å². The fraction of sp³-hybridized carbons (Fsp3) is 0.868. The van der Waals surface area contributed by atoms with Crippen LogP contribution in [-0.2, 0) is 36.7 Å². The number of carbonyl (C=O) groups excluding carboxylic acids is 1. The molecule has 5 aliphatic rings. The molecule has 0 aromatic carbocycles. The zero-order valence-electron chi connectivity index (χ0n) is 34.1. The molecule has 5 rings (SSSR count). The lowest BCUT2D eigenvalue weighted by Gasteiger charge is -2.57. The van der Waals surface area contributed by atoms with E-state index in [-0.39, 0.29) is 16.9 Å². The minimum absolute atomic E-state index is 0.00680. The maximum Gasteiger partial charge on any atom is 0.337 e. The molecule has 11 atom stereocenters. The van der Waals surface area contributed by atoms with E-state index in [9.17, 15) is 4.79 Å². The van der Waals surface area contributed by atoms with E-state index < -0.39 is 69.9 Å². The topological polar surface area (TPSA) is 81.7 Å². The van der Waals surface area contributed by atoms with Gasteiger partial charge in [0.1, 0.15) is 18.3 Å². The quantitative estimate of drug-likeness (QED) is 0.152. The van der Waals surface area contributed by atoms with Crippen molar-refractivity contribution in [3.63, 3.8) is 0 Å². The molecule has 0 bridgehead atoms. The molecule has 1 saturated heterocycles. The van der Waals surface area contributed by atoms with Gasteiger partial charge < -0.3 is 31.9 Å². The third-order valence-corrected chi connectivity index (χ3v) is 15.6. The number of carbonyl (C=O) groups is 1. The highest BCUT2D eigenvalue weighted by atomic mass is 28.4. The number of hydrogen-bond acceptors (Lipinski definition) is 8. The zero-order chi connectivity index (χ0) is 37.2. The van der Waals surface area contributed by atoms with Crippen LogP contribution in [0.15, 0.2) is 23.5 Å². The second kappa shape index (κ2) is 14.2. The van der Waals surface area contributed by atoms with Crippen molar-refractivity contribution in [3.8, 4) is 0 Å². The molecular formula is C38H70O8Si4. The van der Waals surface area contributed by atoms with Crippen LogP contribution in [0.1, 0.15) is 58.8 Å². The van der Waals surface area contributed by atoms with Crippen molar-refractivity contribution in [2.45, 2.75) is 174 Å². The molecule has 50 heavy (non-hydrogen) atoms. The number of hydrogen-bond donors (Lipinski definition) is 0. The summed E-state index contributed by atoms with van der Waals surface area (Å²) >= 11 is 0. The lowest BCUT2D eigenvalue weighted by molar-refractivity contribution is -0.305. The van der Waals surface area contributed by atoms with Crippen LogP contribution >= 0.6 is 0 Å². The summed E-state index contributed by atoms with van der Waals surface area (Å²) in [6.07, 6.45) is 9.30. The highest BCUT2D eigenvalue weighted by Crippen LogP contribution is 2.65. The molecule has 286 valence electrons. The number of esters is 1. The standard InChI is InChI=1S/C38H70O8Si4/c1-37-22-20-26(43-47(4,5)6)24-25(37)16-17-27-28-18-19-30(38(28,2)23-21-29(27)37)41-36-34(46-50(13,14)15)32(45-49(10,11)12)31(44-48(7,8)9)33(42-36)35(39)40-3/h16,24,27-34,36H,17-23H2,1-15H3. The lowest BCUT2D eigenvalue weighted by Crippen LogP contribution is -2.67. The Morgan fingerprint density at radius 2 is 1.36 bits per heavy atom. The van der Waals surface area contributed by atoms with Crippen LogP contribution in [0.4, 0.5) is 0 Å². The summed E-state index contributed by atoms with van der Waals surface area (Å²) < 4.78 is 46.5. The second-order valence-electron chi connectivity index (χ2n) is 20.3. The van der Waals surface area contributed by atoms with Gasteiger partial charge in [0.05, 0.1) is 19.0 Å². The molecule has 3 fully saturated rings. The Labute approximate surface area is 308 Å². The maximum absolute atomic E-state index is 13.5. The largest absolute Gasteiger partial charge is 0.547 e. The van der Waals surface area contributed by atoms with Gasteiger partial charge in [-0.15, -0.1) is 0 Å². The minimum atomic E-state index is -2.14. The van der Waals surface area contributed by atoms with Crippen molar-refractivity contribution in [1.29, 1.82) is 0 Å². The molecule has 1 aliphatic heterocycles. The van der Waals surface area contributed by atoms with Crippen molar-refractivity contribution in [3.05, 3.63) is 23.5 Å². The SMILES string of the molecule is COC(=O)C1OC(OC2CCC3C4CC=C5C=C(O[Si](C)(C)C)CCC5(C)C4CCC23C)C(O[Si](C)(C)C)C(O[Si](C)(C)C)C1O[Si](C)(C)C. The first-order valence-electron chi connectivity index (χ1n) is 19.4. The summed E-state index contributed by atoms with van der Waals surface area (Å²) in [6, 6.07) is 0. The predicted octanol–water partition coefficient (Wildman–Crippen LogP) is 9.24. The van der Waals surface area contributed by atoms with E-state index in [1.165, 1.54) is 31.3 Å². The average Bonchev–Trinajstić information content (AvgIpc) is 3.28. The summed E-state index contributed by atoms with van der Waals surface area (Å²) in [7, 11) is -6.63. The van der Waals surface area contributed by atoms with E-state index in [1.54, 1.807) is 0 Å². The van der Waals surface area contributed by atoms with Crippen molar-refractivity contribution >= 4 is 39.2 Å². The average molecular weight is 767 g/mol. The molecule has 11 unspecified atom stereocenters. The molecule has 8 nitrogen and oxygen atoms in total. The maximum atomic E-state index is 13.5. The fourth-order valence-corrected chi connectivity index (χ4v) is 14.1. The molecule has 0 N–H and O–H groups in total. The first-order chi connectivity index (χ1) is 22.8. The monoisotopic (exact) mass is 766 g/mol. The number of ether oxygens (including phenoxy) is 3. The number of methoxy groups -OCH3 is 1. The third-order valence-electron chi connectivity index (χ3n) is 11.8. The first-order valence-corrected chi connectivity index (χ1v) is 33.0. The molecule has 0 aromatic heterocycles. The van der Waals surface area contributed by atoms with Gasteiger partial charge in [0.15, 0.2) is 37.3 Å². The Kier molecular flexibility index (Phi) is 11.6. The van der Waals surface area contributed by atoms with Crippen LogP contribution in [0.25, 0.3) is 0 Å². The molecule has 1 heterocycles. The van der Waals surface area contributed by atoms with Gasteiger partial charge in [-0.05, 0) is 157 Å². The molecule has 4 aliphatic carbocycles. The highest BCUT2D eigenvalue weighted by molar-refractivity contribution is 6.71. The number of rotatable bonds is 11. The van der Waals surface area contributed by atoms with Crippen LogP contribution in [0.5, 0.6) is 0 Å². The van der Waals surface area contributed by atoms with Crippen LogP contribution in [0.2, 0.25) is 78.6 Å². The Morgan fingerprint density at radius 3 is 1.94 bits per heavy atom. The molecule has 0 radical (unpaired) electrons. The summed E-state index contributed by atoms with van der Waals surface area (Å²) in [5.41, 5.74) is 1.71. The number of fused-ring (bicyclic) bond motifs is 5. The Bertz CT molecular complexity index is 1310. The zero-order valence-corrected chi connectivity index (χ0v) is 38.1. The Balaban J connectivity index is 1.44. The van der Waals surface area contributed by atoms with E-state index in [4.69, 9.17) is 31.9 Å². The molecule has 0 aromatic rings. The minimum Gasteiger partial charge on any atom is -0.547 e.